The minimum Gasteiger partial charge on any atom is -0.337 e. The molecule has 26 heavy (non-hydrogen) atoms. The Morgan fingerprint density at radius 3 is 2.19 bits per heavy atom. The number of halogens is 1. The van der Waals surface area contributed by atoms with Gasteiger partial charge in [-0.2, -0.15) is 4.31 Å². The van der Waals surface area contributed by atoms with Crippen molar-refractivity contribution in [3.05, 3.63) is 72.1 Å². The van der Waals surface area contributed by atoms with Crippen molar-refractivity contribution in [1.29, 1.82) is 0 Å². The molecule has 1 aliphatic heterocycles. The van der Waals surface area contributed by atoms with Crippen LogP contribution in [-0.4, -0.2) is 49.7 Å². The molecule has 136 valence electrons. The van der Waals surface area contributed by atoms with Crippen molar-refractivity contribution in [3.63, 3.8) is 0 Å². The lowest BCUT2D eigenvalue weighted by atomic mass is 10.2. The first-order chi connectivity index (χ1) is 12.5. The number of sulfonamides is 1. The molecule has 2 aromatic carbocycles. The number of benzene rings is 2. The Morgan fingerprint density at radius 2 is 1.54 bits per heavy atom. The first-order valence-corrected chi connectivity index (χ1v) is 9.69. The smallest absolute Gasteiger partial charge is 0.246 e. The molecule has 0 saturated carbocycles. The molecular weight excluding hydrogens is 355 g/mol. The van der Waals surface area contributed by atoms with E-state index in [-0.39, 0.29) is 23.9 Å². The van der Waals surface area contributed by atoms with Gasteiger partial charge in [-0.15, -0.1) is 0 Å². The van der Waals surface area contributed by atoms with Crippen LogP contribution in [0.15, 0.2) is 65.6 Å². The van der Waals surface area contributed by atoms with Gasteiger partial charge in [0.1, 0.15) is 5.82 Å². The Bertz CT molecular complexity index is 905. The number of carbonyl (C=O) groups is 1. The van der Waals surface area contributed by atoms with Gasteiger partial charge in [0, 0.05) is 37.8 Å². The number of amides is 1. The minimum atomic E-state index is -3.54. The Labute approximate surface area is 152 Å². The van der Waals surface area contributed by atoms with E-state index in [1.165, 1.54) is 22.5 Å². The van der Waals surface area contributed by atoms with Crippen LogP contribution in [0.25, 0.3) is 6.08 Å². The van der Waals surface area contributed by atoms with E-state index in [0.29, 0.717) is 18.7 Å². The SMILES string of the molecule is O=C(/C=C/c1ccccc1F)N1CCN(S(=O)(=O)c2ccccc2)CC1. The van der Waals surface area contributed by atoms with Gasteiger partial charge in [-0.1, -0.05) is 36.4 Å². The van der Waals surface area contributed by atoms with Gasteiger partial charge in [0.2, 0.25) is 15.9 Å². The highest BCUT2D eigenvalue weighted by Crippen LogP contribution is 2.17. The zero-order valence-corrected chi connectivity index (χ0v) is 14.9. The van der Waals surface area contributed by atoms with E-state index in [9.17, 15) is 17.6 Å². The Morgan fingerprint density at radius 1 is 0.923 bits per heavy atom. The summed E-state index contributed by atoms with van der Waals surface area (Å²) in [6.45, 7) is 1.06. The third kappa shape index (κ3) is 4.00. The fraction of sp³-hybridized carbons (Fsp3) is 0.211. The topological polar surface area (TPSA) is 57.7 Å². The lowest BCUT2D eigenvalue weighted by Gasteiger charge is -2.33. The number of carbonyl (C=O) groups excluding carboxylic acids is 1. The molecule has 0 radical (unpaired) electrons. The highest BCUT2D eigenvalue weighted by atomic mass is 32.2. The van der Waals surface area contributed by atoms with Crippen LogP contribution in [0, 0.1) is 5.82 Å². The summed E-state index contributed by atoms with van der Waals surface area (Å²) in [5.41, 5.74) is 0.339. The van der Waals surface area contributed by atoms with E-state index in [1.54, 1.807) is 53.4 Å². The van der Waals surface area contributed by atoms with Crippen molar-refractivity contribution >= 4 is 22.0 Å². The van der Waals surface area contributed by atoms with E-state index in [0.717, 1.165) is 0 Å². The van der Waals surface area contributed by atoms with Gasteiger partial charge < -0.3 is 4.90 Å². The fourth-order valence-electron chi connectivity index (χ4n) is 2.77. The molecule has 0 aromatic heterocycles. The highest BCUT2D eigenvalue weighted by Gasteiger charge is 2.29. The van der Waals surface area contributed by atoms with Crippen LogP contribution in [0.5, 0.6) is 0 Å². The van der Waals surface area contributed by atoms with Gasteiger partial charge in [0.25, 0.3) is 0 Å². The molecule has 1 fully saturated rings. The van der Waals surface area contributed by atoms with Gasteiger partial charge in [-0.3, -0.25) is 4.79 Å². The van der Waals surface area contributed by atoms with E-state index >= 15 is 0 Å². The molecule has 1 amide bonds. The van der Waals surface area contributed by atoms with Crippen LogP contribution < -0.4 is 0 Å². The van der Waals surface area contributed by atoms with Crippen LogP contribution in [0.3, 0.4) is 0 Å². The third-order valence-electron chi connectivity index (χ3n) is 4.24. The summed E-state index contributed by atoms with van der Waals surface area (Å²) in [7, 11) is -3.54. The molecule has 1 heterocycles. The van der Waals surface area contributed by atoms with E-state index in [1.807, 2.05) is 0 Å². The fourth-order valence-corrected chi connectivity index (χ4v) is 4.21. The summed E-state index contributed by atoms with van der Waals surface area (Å²) in [6.07, 6.45) is 2.75. The predicted molar refractivity (Wildman–Crippen MR) is 97.2 cm³/mol. The predicted octanol–water partition coefficient (Wildman–Crippen LogP) is 2.37. The Kier molecular flexibility index (Phi) is 5.49. The van der Waals surface area contributed by atoms with Crippen LogP contribution in [0.1, 0.15) is 5.56 Å². The van der Waals surface area contributed by atoms with Crippen LogP contribution in [-0.2, 0) is 14.8 Å². The first kappa shape index (κ1) is 18.3. The summed E-state index contributed by atoms with van der Waals surface area (Å²) in [6, 6.07) is 14.4. The number of nitrogens with zero attached hydrogens (tertiary/aromatic N) is 2. The maximum absolute atomic E-state index is 13.6. The summed E-state index contributed by atoms with van der Waals surface area (Å²) in [5.74, 6) is -0.652. The lowest BCUT2D eigenvalue weighted by molar-refractivity contribution is -0.127. The number of piperazine rings is 1. The Balaban J connectivity index is 1.62. The lowest BCUT2D eigenvalue weighted by Crippen LogP contribution is -2.50. The highest BCUT2D eigenvalue weighted by molar-refractivity contribution is 7.89. The van der Waals surface area contributed by atoms with Crippen molar-refractivity contribution in [2.24, 2.45) is 0 Å². The molecule has 0 spiro atoms. The zero-order chi connectivity index (χ0) is 18.6. The molecule has 7 heteroatoms. The van der Waals surface area contributed by atoms with Gasteiger partial charge in [0.05, 0.1) is 4.90 Å². The van der Waals surface area contributed by atoms with Crippen molar-refractivity contribution in [3.8, 4) is 0 Å². The van der Waals surface area contributed by atoms with Gasteiger partial charge in [-0.05, 0) is 24.3 Å². The molecule has 0 N–H and O–H groups in total. The van der Waals surface area contributed by atoms with Gasteiger partial charge in [0.15, 0.2) is 0 Å². The zero-order valence-electron chi connectivity index (χ0n) is 14.1. The van der Waals surface area contributed by atoms with Gasteiger partial charge >= 0.3 is 0 Å². The normalized spacial score (nSPS) is 16.1. The second kappa shape index (κ2) is 7.80. The number of hydrogen-bond donors (Lipinski definition) is 0. The molecule has 2 aromatic rings. The largest absolute Gasteiger partial charge is 0.337 e. The molecule has 5 nitrogen and oxygen atoms in total. The maximum atomic E-state index is 13.6. The third-order valence-corrected chi connectivity index (χ3v) is 6.15. The first-order valence-electron chi connectivity index (χ1n) is 8.25. The quantitative estimate of drug-likeness (QED) is 0.772. The average Bonchev–Trinajstić information content (AvgIpc) is 2.68. The summed E-state index contributed by atoms with van der Waals surface area (Å²) >= 11 is 0. The minimum absolute atomic E-state index is 0.233. The maximum Gasteiger partial charge on any atom is 0.246 e. The molecular formula is C19H19FN2O3S. The van der Waals surface area contributed by atoms with Crippen molar-refractivity contribution in [1.82, 2.24) is 9.21 Å². The van der Waals surface area contributed by atoms with Crippen LogP contribution in [0.2, 0.25) is 0 Å². The molecule has 0 unspecified atom stereocenters. The van der Waals surface area contributed by atoms with E-state index in [4.69, 9.17) is 0 Å². The number of rotatable bonds is 4. The Hall–Kier alpha value is -2.51. The van der Waals surface area contributed by atoms with Crippen molar-refractivity contribution in [2.75, 3.05) is 26.2 Å². The second-order valence-electron chi connectivity index (χ2n) is 5.90. The summed E-state index contributed by atoms with van der Waals surface area (Å²) in [4.78, 5) is 14.1. The molecule has 0 bridgehead atoms. The molecule has 1 saturated heterocycles. The summed E-state index contributed by atoms with van der Waals surface area (Å²) in [5, 5.41) is 0. The van der Waals surface area contributed by atoms with Crippen LogP contribution in [0.4, 0.5) is 4.39 Å². The van der Waals surface area contributed by atoms with Crippen molar-refractivity contribution < 1.29 is 17.6 Å². The number of hydrogen-bond acceptors (Lipinski definition) is 3. The molecule has 0 aliphatic carbocycles. The summed E-state index contributed by atoms with van der Waals surface area (Å²) < 4.78 is 40.1. The van der Waals surface area contributed by atoms with Crippen molar-refractivity contribution in [2.45, 2.75) is 4.90 Å². The monoisotopic (exact) mass is 374 g/mol. The van der Waals surface area contributed by atoms with Gasteiger partial charge in [-0.25, -0.2) is 12.8 Å². The van der Waals surface area contributed by atoms with E-state index in [2.05, 4.69) is 0 Å². The second-order valence-corrected chi connectivity index (χ2v) is 7.84. The molecule has 3 rings (SSSR count). The standard InChI is InChI=1S/C19H19FN2O3S/c20-18-9-5-4-6-16(18)10-11-19(23)21-12-14-22(15-13-21)26(24,25)17-7-2-1-3-8-17/h1-11H,12-15H2/b11-10+. The van der Waals surface area contributed by atoms with Crippen LogP contribution >= 0.6 is 0 Å². The molecule has 0 atom stereocenters. The molecule has 1 aliphatic rings. The average molecular weight is 374 g/mol. The van der Waals surface area contributed by atoms with E-state index < -0.39 is 15.8 Å².